The molecule has 2 aromatic carbocycles. The van der Waals surface area contributed by atoms with Crippen LogP contribution in [0.15, 0.2) is 36.4 Å². The Morgan fingerprint density at radius 3 is 2.55 bits per heavy atom. The number of hydrogen-bond acceptors (Lipinski definition) is 3. The molecule has 1 atom stereocenters. The Morgan fingerprint density at radius 1 is 1.17 bits per heavy atom. The molecule has 2 aromatic rings. The van der Waals surface area contributed by atoms with Crippen molar-refractivity contribution in [3.8, 4) is 5.75 Å². The van der Waals surface area contributed by atoms with Gasteiger partial charge in [0, 0.05) is 36.3 Å². The van der Waals surface area contributed by atoms with Crippen LogP contribution >= 0.6 is 0 Å². The van der Waals surface area contributed by atoms with Gasteiger partial charge < -0.3 is 15.0 Å². The smallest absolute Gasteiger partial charge is 0.264 e. The van der Waals surface area contributed by atoms with Gasteiger partial charge in [0.2, 0.25) is 5.91 Å². The average Bonchev–Trinajstić information content (AvgIpc) is 3.51. The van der Waals surface area contributed by atoms with Crippen LogP contribution in [0.3, 0.4) is 0 Å². The highest BCUT2D eigenvalue weighted by Crippen LogP contribution is 2.33. The number of anilines is 1. The maximum Gasteiger partial charge on any atom is 0.264 e. The average molecular weight is 400 g/mol. The van der Waals surface area contributed by atoms with E-state index in [0.29, 0.717) is 23.4 Å². The molecule has 1 N–H and O–H groups in total. The third-order valence-electron chi connectivity index (χ3n) is 5.16. The van der Waals surface area contributed by atoms with Gasteiger partial charge in [0.15, 0.2) is 6.10 Å². The van der Waals surface area contributed by atoms with Gasteiger partial charge >= 0.3 is 0 Å². The predicted molar refractivity (Wildman–Crippen MR) is 103 cm³/mol. The summed E-state index contributed by atoms with van der Waals surface area (Å²) in [4.78, 5) is 26.5. The van der Waals surface area contributed by atoms with Crippen molar-refractivity contribution in [3.05, 3.63) is 59.2 Å². The Bertz CT molecular complexity index is 939. The molecule has 29 heavy (non-hydrogen) atoms. The van der Waals surface area contributed by atoms with Crippen molar-refractivity contribution in [3.63, 3.8) is 0 Å². The molecule has 2 amide bonds. The lowest BCUT2D eigenvalue weighted by Gasteiger charge is -2.23. The van der Waals surface area contributed by atoms with Crippen LogP contribution in [0.5, 0.6) is 5.75 Å². The van der Waals surface area contributed by atoms with Crippen molar-refractivity contribution in [2.45, 2.75) is 45.4 Å². The van der Waals surface area contributed by atoms with Crippen LogP contribution in [0.2, 0.25) is 0 Å². The second-order valence-electron chi connectivity index (χ2n) is 7.57. The Hall–Kier alpha value is -2.96. The number of carbonyl (C=O) groups is 2. The Morgan fingerprint density at radius 2 is 1.90 bits per heavy atom. The summed E-state index contributed by atoms with van der Waals surface area (Å²) < 4.78 is 33.1. The molecule has 1 heterocycles. The fraction of sp³-hybridized carbons (Fsp3) is 0.364. The molecule has 1 aliphatic carbocycles. The van der Waals surface area contributed by atoms with Gasteiger partial charge in [0.05, 0.1) is 0 Å². The van der Waals surface area contributed by atoms with Crippen molar-refractivity contribution in [2.75, 3.05) is 5.32 Å². The molecular weight excluding hydrogens is 378 g/mol. The number of ether oxygens (including phenoxy) is 1. The lowest BCUT2D eigenvalue weighted by Crippen LogP contribution is -2.38. The van der Waals surface area contributed by atoms with Crippen LogP contribution in [0, 0.1) is 17.6 Å². The van der Waals surface area contributed by atoms with Gasteiger partial charge in [-0.2, -0.15) is 0 Å². The molecule has 0 bridgehead atoms. The number of rotatable bonds is 5. The van der Waals surface area contributed by atoms with Gasteiger partial charge in [-0.15, -0.1) is 0 Å². The molecule has 1 unspecified atom stereocenters. The highest BCUT2D eigenvalue weighted by Gasteiger charge is 2.32. The number of halogens is 2. The summed E-state index contributed by atoms with van der Waals surface area (Å²) in [6, 6.07) is 8.54. The number of carbonyl (C=O) groups excluding carboxylic acids is 2. The molecule has 5 nitrogen and oxygen atoms in total. The molecule has 1 saturated carbocycles. The van der Waals surface area contributed by atoms with Crippen molar-refractivity contribution >= 4 is 17.5 Å². The topological polar surface area (TPSA) is 58.6 Å². The zero-order chi connectivity index (χ0) is 20.5. The van der Waals surface area contributed by atoms with Crippen molar-refractivity contribution in [1.82, 2.24) is 4.90 Å². The second-order valence-corrected chi connectivity index (χ2v) is 7.57. The molecule has 1 aliphatic heterocycles. The SMILES string of the molecule is CCC1Oc2ccc(NC(=O)C3CC3)cc2CN(Cc2cc(F)cc(F)c2)C1=O. The molecular formula is C22H22F2N2O3. The molecule has 2 aliphatic rings. The van der Waals surface area contributed by atoms with Crippen LogP contribution in [0.1, 0.15) is 37.3 Å². The fourth-order valence-corrected chi connectivity index (χ4v) is 3.49. The summed E-state index contributed by atoms with van der Waals surface area (Å²) in [7, 11) is 0. The van der Waals surface area contributed by atoms with Gasteiger partial charge in [-0.1, -0.05) is 6.92 Å². The molecule has 1 fully saturated rings. The molecule has 152 valence electrons. The van der Waals surface area contributed by atoms with E-state index in [1.807, 2.05) is 6.92 Å². The van der Waals surface area contributed by atoms with Gasteiger partial charge in [0.25, 0.3) is 5.91 Å². The van der Waals surface area contributed by atoms with E-state index in [-0.39, 0.29) is 30.8 Å². The molecule has 7 heteroatoms. The quantitative estimate of drug-likeness (QED) is 0.825. The number of nitrogens with zero attached hydrogens (tertiary/aromatic N) is 1. The lowest BCUT2D eigenvalue weighted by molar-refractivity contribution is -0.139. The molecule has 0 aromatic heterocycles. The van der Waals surface area contributed by atoms with Gasteiger partial charge in [-0.3, -0.25) is 9.59 Å². The third-order valence-corrected chi connectivity index (χ3v) is 5.16. The van der Waals surface area contributed by atoms with Crippen LogP contribution in [0.4, 0.5) is 14.5 Å². The van der Waals surface area contributed by atoms with Crippen LogP contribution < -0.4 is 10.1 Å². The Balaban J connectivity index is 1.61. The molecule has 0 spiro atoms. The first-order valence-corrected chi connectivity index (χ1v) is 9.77. The zero-order valence-corrected chi connectivity index (χ0v) is 16.1. The maximum absolute atomic E-state index is 13.6. The fourth-order valence-electron chi connectivity index (χ4n) is 3.49. The highest BCUT2D eigenvalue weighted by atomic mass is 19.1. The van der Waals surface area contributed by atoms with E-state index in [1.165, 1.54) is 17.0 Å². The Kier molecular flexibility index (Phi) is 5.22. The molecule has 0 radical (unpaired) electrons. The van der Waals surface area contributed by atoms with E-state index >= 15 is 0 Å². The first-order chi connectivity index (χ1) is 13.9. The lowest BCUT2D eigenvalue weighted by atomic mass is 10.1. The Labute approximate surface area is 167 Å². The molecule has 0 saturated heterocycles. The number of benzene rings is 2. The minimum atomic E-state index is -0.684. The maximum atomic E-state index is 13.6. The van der Waals surface area contributed by atoms with Crippen molar-refractivity contribution in [1.29, 1.82) is 0 Å². The monoisotopic (exact) mass is 400 g/mol. The van der Waals surface area contributed by atoms with E-state index in [1.54, 1.807) is 18.2 Å². The minimum absolute atomic E-state index is 0.00547. The summed E-state index contributed by atoms with van der Waals surface area (Å²) >= 11 is 0. The van der Waals surface area contributed by atoms with Gasteiger partial charge in [-0.25, -0.2) is 8.78 Å². The number of amides is 2. The molecule has 4 rings (SSSR count). The third kappa shape index (κ3) is 4.39. The summed E-state index contributed by atoms with van der Waals surface area (Å²) in [5, 5.41) is 2.89. The summed E-state index contributed by atoms with van der Waals surface area (Å²) in [6.45, 7) is 2.12. The van der Waals surface area contributed by atoms with E-state index in [4.69, 9.17) is 4.74 Å². The normalized spacial score (nSPS) is 18.7. The number of nitrogens with one attached hydrogen (secondary N) is 1. The van der Waals surface area contributed by atoms with E-state index in [0.717, 1.165) is 24.5 Å². The zero-order valence-electron chi connectivity index (χ0n) is 16.1. The van der Waals surface area contributed by atoms with Crippen molar-refractivity contribution in [2.24, 2.45) is 5.92 Å². The van der Waals surface area contributed by atoms with E-state index in [2.05, 4.69) is 5.32 Å². The number of fused-ring (bicyclic) bond motifs is 1. The summed E-state index contributed by atoms with van der Waals surface area (Å²) in [5.41, 5.74) is 1.75. The van der Waals surface area contributed by atoms with Gasteiger partial charge in [-0.05, 0) is 55.2 Å². The standard InChI is InChI=1S/C22H22F2N2O3/c1-2-19-22(28)26(11-13-7-16(23)10-17(24)8-13)12-15-9-18(5-6-20(15)29-19)25-21(27)14-3-4-14/h5-10,14,19H,2-4,11-12H2,1H3,(H,25,27). The van der Waals surface area contributed by atoms with E-state index < -0.39 is 17.7 Å². The van der Waals surface area contributed by atoms with Gasteiger partial charge in [0.1, 0.15) is 17.4 Å². The first kappa shape index (κ1) is 19.4. The highest BCUT2D eigenvalue weighted by molar-refractivity contribution is 5.94. The second kappa shape index (κ2) is 7.81. The first-order valence-electron chi connectivity index (χ1n) is 9.77. The van der Waals surface area contributed by atoms with Crippen LogP contribution in [-0.2, 0) is 22.7 Å². The largest absolute Gasteiger partial charge is 0.480 e. The summed E-state index contributed by atoms with van der Waals surface area (Å²) in [6.07, 6.45) is 1.60. The minimum Gasteiger partial charge on any atom is -0.480 e. The predicted octanol–water partition coefficient (Wildman–Crippen LogP) is 4.01. The van der Waals surface area contributed by atoms with Crippen LogP contribution in [0.25, 0.3) is 0 Å². The van der Waals surface area contributed by atoms with E-state index in [9.17, 15) is 18.4 Å². The summed E-state index contributed by atoms with van der Waals surface area (Å²) in [5.74, 6) is -0.962. The number of hydrogen-bond donors (Lipinski definition) is 1. The van der Waals surface area contributed by atoms with Crippen LogP contribution in [-0.4, -0.2) is 22.8 Å². The van der Waals surface area contributed by atoms with Crippen molar-refractivity contribution < 1.29 is 23.1 Å².